The number of ether oxygens (including phenoxy) is 2. The number of fused-ring (bicyclic) bond motifs is 3. The van der Waals surface area contributed by atoms with Crippen LogP contribution >= 0.6 is 0 Å². The zero-order valence-corrected chi connectivity index (χ0v) is 23.0. The molecule has 1 aliphatic rings. The van der Waals surface area contributed by atoms with Gasteiger partial charge in [0.2, 0.25) is 5.91 Å². The molecule has 12 nitrogen and oxygen atoms in total. The SMILES string of the molecule is C=CCOC(=O)C[C@H](NC(=O)OCC1c2ccccc2-c2ccccc21)C(=O)N(CC(=O)O)Cc1ccccc1[N+](=O)[O-]. The van der Waals surface area contributed by atoms with Gasteiger partial charge < -0.3 is 24.8 Å². The van der Waals surface area contributed by atoms with Gasteiger partial charge in [-0.25, -0.2) is 4.79 Å². The molecular formula is C31H29N3O9. The van der Waals surface area contributed by atoms with Crippen molar-refractivity contribution in [2.75, 3.05) is 19.8 Å². The van der Waals surface area contributed by atoms with Crippen LogP contribution in [0.1, 0.15) is 29.0 Å². The summed E-state index contributed by atoms with van der Waals surface area (Å²) in [6.07, 6.45) is -0.347. The van der Waals surface area contributed by atoms with Crippen LogP contribution in [0.3, 0.4) is 0 Å². The summed E-state index contributed by atoms with van der Waals surface area (Å²) in [4.78, 5) is 62.3. The molecule has 1 atom stereocenters. The molecule has 0 aliphatic heterocycles. The van der Waals surface area contributed by atoms with Crippen molar-refractivity contribution in [3.05, 3.63) is 112 Å². The van der Waals surface area contributed by atoms with Crippen LogP contribution in [0.25, 0.3) is 11.1 Å². The Morgan fingerprint density at radius 3 is 2.19 bits per heavy atom. The maximum atomic E-state index is 13.6. The van der Waals surface area contributed by atoms with Gasteiger partial charge in [0.15, 0.2) is 0 Å². The zero-order chi connectivity index (χ0) is 30.9. The predicted octanol–water partition coefficient (Wildman–Crippen LogP) is 4.03. The third-order valence-electron chi connectivity index (χ3n) is 6.85. The van der Waals surface area contributed by atoms with Crippen LogP contribution in [-0.4, -0.2) is 64.7 Å². The second kappa shape index (κ2) is 13.9. The fraction of sp³-hybridized carbons (Fsp3) is 0.226. The number of nitrogens with zero attached hydrogens (tertiary/aromatic N) is 2. The first kappa shape index (κ1) is 30.4. The van der Waals surface area contributed by atoms with E-state index in [-0.39, 0.29) is 30.4 Å². The lowest BCUT2D eigenvalue weighted by Crippen LogP contribution is -2.51. The Hall–Kier alpha value is -5.52. The minimum atomic E-state index is -1.59. The number of amides is 2. The van der Waals surface area contributed by atoms with Gasteiger partial charge in [-0.1, -0.05) is 79.4 Å². The number of carbonyl (C=O) groups excluding carboxylic acids is 3. The number of hydrogen-bond acceptors (Lipinski definition) is 8. The lowest BCUT2D eigenvalue weighted by Gasteiger charge is -2.26. The lowest BCUT2D eigenvalue weighted by atomic mass is 9.98. The van der Waals surface area contributed by atoms with E-state index in [9.17, 15) is 34.4 Å². The summed E-state index contributed by atoms with van der Waals surface area (Å²) in [5.74, 6) is -3.50. The van der Waals surface area contributed by atoms with E-state index in [4.69, 9.17) is 9.47 Å². The summed E-state index contributed by atoms with van der Waals surface area (Å²) < 4.78 is 10.5. The summed E-state index contributed by atoms with van der Waals surface area (Å²) in [6, 6.07) is 19.4. The minimum absolute atomic E-state index is 0.0659. The molecule has 43 heavy (non-hydrogen) atoms. The van der Waals surface area contributed by atoms with E-state index in [1.807, 2.05) is 48.5 Å². The summed E-state index contributed by atoms with van der Waals surface area (Å²) in [6.45, 7) is 1.91. The fourth-order valence-electron chi connectivity index (χ4n) is 4.98. The molecule has 0 bridgehead atoms. The molecule has 0 aromatic heterocycles. The van der Waals surface area contributed by atoms with Crippen LogP contribution in [0.4, 0.5) is 10.5 Å². The molecule has 0 saturated carbocycles. The van der Waals surface area contributed by atoms with Gasteiger partial charge in [-0.15, -0.1) is 0 Å². The molecule has 4 rings (SSSR count). The molecule has 12 heteroatoms. The normalized spacial score (nSPS) is 12.3. The van der Waals surface area contributed by atoms with Crippen molar-refractivity contribution in [1.82, 2.24) is 10.2 Å². The van der Waals surface area contributed by atoms with Gasteiger partial charge >= 0.3 is 18.0 Å². The molecule has 0 unspecified atom stereocenters. The summed E-state index contributed by atoms with van der Waals surface area (Å²) >= 11 is 0. The third kappa shape index (κ3) is 7.41. The molecule has 1 aliphatic carbocycles. The highest BCUT2D eigenvalue weighted by atomic mass is 16.6. The average molecular weight is 588 g/mol. The van der Waals surface area contributed by atoms with E-state index >= 15 is 0 Å². The highest BCUT2D eigenvalue weighted by molar-refractivity contribution is 5.91. The van der Waals surface area contributed by atoms with Crippen LogP contribution in [-0.2, 0) is 30.4 Å². The van der Waals surface area contributed by atoms with Gasteiger partial charge in [0.05, 0.1) is 17.9 Å². The number of carboxylic acid groups (broad SMARTS) is 1. The van der Waals surface area contributed by atoms with E-state index in [2.05, 4.69) is 11.9 Å². The van der Waals surface area contributed by atoms with Crippen LogP contribution in [0.2, 0.25) is 0 Å². The molecule has 2 N–H and O–H groups in total. The van der Waals surface area contributed by atoms with E-state index in [1.54, 1.807) is 0 Å². The highest BCUT2D eigenvalue weighted by Gasteiger charge is 2.33. The summed E-state index contributed by atoms with van der Waals surface area (Å²) in [5.41, 5.74) is 3.71. The second-order valence-electron chi connectivity index (χ2n) is 9.67. The zero-order valence-electron chi connectivity index (χ0n) is 23.0. The molecule has 0 fully saturated rings. The first-order valence-corrected chi connectivity index (χ1v) is 13.3. The predicted molar refractivity (Wildman–Crippen MR) is 154 cm³/mol. The van der Waals surface area contributed by atoms with Crippen LogP contribution in [0.15, 0.2) is 85.5 Å². The van der Waals surface area contributed by atoms with Gasteiger partial charge in [0.25, 0.3) is 5.69 Å². The third-order valence-corrected chi connectivity index (χ3v) is 6.85. The number of nitrogens with one attached hydrogen (secondary N) is 1. The number of para-hydroxylation sites is 1. The van der Waals surface area contributed by atoms with Gasteiger partial charge in [-0.2, -0.15) is 0 Å². The Morgan fingerprint density at radius 1 is 0.977 bits per heavy atom. The van der Waals surface area contributed by atoms with Gasteiger partial charge in [-0.3, -0.25) is 24.5 Å². The minimum Gasteiger partial charge on any atom is -0.480 e. The number of alkyl carbamates (subject to hydrolysis) is 1. The monoisotopic (exact) mass is 587 g/mol. The molecule has 3 aromatic carbocycles. The van der Waals surface area contributed by atoms with E-state index in [0.29, 0.717) is 0 Å². The fourth-order valence-corrected chi connectivity index (χ4v) is 4.98. The Kier molecular flexibility index (Phi) is 9.84. The second-order valence-corrected chi connectivity index (χ2v) is 9.67. The van der Waals surface area contributed by atoms with Crippen LogP contribution in [0.5, 0.6) is 0 Å². The number of hydrogen-bond donors (Lipinski definition) is 2. The van der Waals surface area contributed by atoms with Gasteiger partial charge in [0, 0.05) is 17.5 Å². The van der Waals surface area contributed by atoms with Gasteiger partial charge in [0.1, 0.15) is 25.8 Å². The maximum absolute atomic E-state index is 13.6. The van der Waals surface area contributed by atoms with Crippen molar-refractivity contribution < 1.29 is 38.7 Å². The smallest absolute Gasteiger partial charge is 0.407 e. The standard InChI is InChI=1S/C31H29N3O9/c1-2-15-42-29(37)16-26(30(38)33(18-28(35)36)17-20-9-3-8-14-27(20)34(40)41)32-31(39)43-19-25-23-12-6-4-10-21(23)22-11-5-7-13-24(22)25/h2-14,25-26H,1,15-19H2,(H,32,39)(H,35,36)/t26-/m0/s1. The average Bonchev–Trinajstić information content (AvgIpc) is 3.31. The Labute approximate surface area is 246 Å². The number of nitro groups is 1. The number of esters is 1. The number of nitro benzene ring substituents is 1. The summed E-state index contributed by atoms with van der Waals surface area (Å²) in [5, 5.41) is 23.3. The topological polar surface area (TPSA) is 165 Å². The van der Waals surface area contributed by atoms with Crippen molar-refractivity contribution in [2.45, 2.75) is 24.9 Å². The Bertz CT molecular complexity index is 1510. The molecule has 0 heterocycles. The number of benzene rings is 3. The Balaban J connectivity index is 1.53. The first-order chi connectivity index (χ1) is 20.7. The van der Waals surface area contributed by atoms with Crippen molar-refractivity contribution in [3.63, 3.8) is 0 Å². The van der Waals surface area contributed by atoms with Crippen molar-refractivity contribution in [2.24, 2.45) is 0 Å². The number of carboxylic acids is 1. The van der Waals surface area contributed by atoms with E-state index in [0.717, 1.165) is 27.2 Å². The summed E-state index contributed by atoms with van der Waals surface area (Å²) in [7, 11) is 0. The number of carbonyl (C=O) groups is 4. The van der Waals surface area contributed by atoms with Crippen LogP contribution in [0, 0.1) is 10.1 Å². The van der Waals surface area contributed by atoms with E-state index < -0.39 is 54.4 Å². The maximum Gasteiger partial charge on any atom is 0.407 e. The lowest BCUT2D eigenvalue weighted by molar-refractivity contribution is -0.385. The molecule has 2 amide bonds. The van der Waals surface area contributed by atoms with Crippen molar-refractivity contribution >= 4 is 29.6 Å². The molecule has 222 valence electrons. The first-order valence-electron chi connectivity index (χ1n) is 13.3. The molecular weight excluding hydrogens is 558 g/mol. The Morgan fingerprint density at radius 2 is 1.58 bits per heavy atom. The highest BCUT2D eigenvalue weighted by Crippen LogP contribution is 2.44. The molecule has 0 saturated heterocycles. The number of aliphatic carboxylic acids is 1. The quantitative estimate of drug-likeness (QED) is 0.130. The van der Waals surface area contributed by atoms with E-state index in [1.165, 1.54) is 30.3 Å². The van der Waals surface area contributed by atoms with Crippen LogP contribution < -0.4 is 5.32 Å². The van der Waals surface area contributed by atoms with Gasteiger partial charge in [-0.05, 0) is 22.3 Å². The molecule has 0 radical (unpaired) electrons. The largest absolute Gasteiger partial charge is 0.480 e. The molecule has 0 spiro atoms. The molecule has 3 aromatic rings. The van der Waals surface area contributed by atoms with Crippen molar-refractivity contribution in [3.8, 4) is 11.1 Å². The van der Waals surface area contributed by atoms with Crippen molar-refractivity contribution in [1.29, 1.82) is 0 Å². The number of rotatable bonds is 13.